The molecule has 154 valence electrons. The number of carbonyl (C=O) groups excluding carboxylic acids is 1. The SMILES string of the molecule is COc1ccc(OC(=O)NNC(=S)Nc2ccc(OCc3ccccc3)cc2)cc1. The largest absolute Gasteiger partial charge is 0.497 e. The molecule has 0 saturated heterocycles. The van der Waals surface area contributed by atoms with Gasteiger partial charge in [-0.3, -0.25) is 5.43 Å². The molecule has 0 aliphatic carbocycles. The van der Waals surface area contributed by atoms with Crippen LogP contribution in [0.2, 0.25) is 0 Å². The van der Waals surface area contributed by atoms with Gasteiger partial charge in [0.15, 0.2) is 5.11 Å². The predicted octanol–water partition coefficient (Wildman–Crippen LogP) is 4.26. The van der Waals surface area contributed by atoms with Gasteiger partial charge in [-0.15, -0.1) is 0 Å². The van der Waals surface area contributed by atoms with Crippen LogP contribution in [0, 0.1) is 0 Å². The molecule has 0 aliphatic rings. The Labute approximate surface area is 179 Å². The van der Waals surface area contributed by atoms with Gasteiger partial charge in [-0.2, -0.15) is 0 Å². The fourth-order valence-electron chi connectivity index (χ4n) is 2.42. The van der Waals surface area contributed by atoms with Crippen LogP contribution >= 0.6 is 12.2 Å². The number of methoxy groups -OCH3 is 1. The number of anilines is 1. The molecule has 3 aromatic rings. The zero-order chi connectivity index (χ0) is 21.2. The van der Waals surface area contributed by atoms with Crippen LogP contribution < -0.4 is 30.4 Å². The first-order chi connectivity index (χ1) is 14.6. The highest BCUT2D eigenvalue weighted by molar-refractivity contribution is 7.80. The summed E-state index contributed by atoms with van der Waals surface area (Å²) in [4.78, 5) is 11.8. The molecule has 3 rings (SSSR count). The maximum atomic E-state index is 11.8. The molecule has 1 amide bonds. The summed E-state index contributed by atoms with van der Waals surface area (Å²) in [7, 11) is 1.56. The van der Waals surface area contributed by atoms with Gasteiger partial charge in [0.05, 0.1) is 7.11 Å². The van der Waals surface area contributed by atoms with Gasteiger partial charge in [-0.05, 0) is 66.3 Å². The highest BCUT2D eigenvalue weighted by Gasteiger charge is 2.06. The van der Waals surface area contributed by atoms with E-state index in [1.165, 1.54) is 0 Å². The molecule has 3 N–H and O–H groups in total. The molecule has 0 bridgehead atoms. The summed E-state index contributed by atoms with van der Waals surface area (Å²) in [5, 5.41) is 3.16. The fraction of sp³-hybridized carbons (Fsp3) is 0.0909. The van der Waals surface area contributed by atoms with Crippen molar-refractivity contribution >= 4 is 29.1 Å². The van der Waals surface area contributed by atoms with E-state index in [0.29, 0.717) is 18.1 Å². The van der Waals surface area contributed by atoms with Crippen LogP contribution in [-0.4, -0.2) is 18.3 Å². The van der Waals surface area contributed by atoms with Crippen molar-refractivity contribution in [3.8, 4) is 17.2 Å². The van der Waals surface area contributed by atoms with Crippen molar-refractivity contribution in [3.63, 3.8) is 0 Å². The summed E-state index contributed by atoms with van der Waals surface area (Å²) >= 11 is 5.16. The summed E-state index contributed by atoms with van der Waals surface area (Å²) in [6.45, 7) is 0.494. The Morgan fingerprint density at radius 1 is 0.833 bits per heavy atom. The Kier molecular flexibility index (Phi) is 7.45. The zero-order valence-electron chi connectivity index (χ0n) is 16.3. The third kappa shape index (κ3) is 6.68. The Bertz CT molecular complexity index is 964. The lowest BCUT2D eigenvalue weighted by atomic mass is 10.2. The summed E-state index contributed by atoms with van der Waals surface area (Å²) in [6.07, 6.45) is -0.700. The molecule has 7 nitrogen and oxygen atoms in total. The topological polar surface area (TPSA) is 80.9 Å². The maximum absolute atomic E-state index is 11.8. The summed E-state index contributed by atoms with van der Waals surface area (Å²) in [5.74, 6) is 1.78. The second kappa shape index (κ2) is 10.7. The minimum absolute atomic E-state index is 0.208. The molecule has 0 fully saturated rings. The van der Waals surface area contributed by atoms with Crippen LogP contribution in [0.3, 0.4) is 0 Å². The van der Waals surface area contributed by atoms with E-state index < -0.39 is 6.09 Å². The van der Waals surface area contributed by atoms with E-state index in [-0.39, 0.29) is 5.11 Å². The van der Waals surface area contributed by atoms with Gasteiger partial charge in [-0.1, -0.05) is 30.3 Å². The maximum Gasteiger partial charge on any atom is 0.431 e. The van der Waals surface area contributed by atoms with Crippen molar-refractivity contribution in [3.05, 3.63) is 84.4 Å². The van der Waals surface area contributed by atoms with Crippen molar-refractivity contribution < 1.29 is 19.0 Å². The van der Waals surface area contributed by atoms with Crippen molar-refractivity contribution in [1.82, 2.24) is 10.9 Å². The number of carbonyl (C=O) groups is 1. The number of amides is 1. The van der Waals surface area contributed by atoms with Gasteiger partial charge in [-0.25, -0.2) is 10.2 Å². The van der Waals surface area contributed by atoms with Gasteiger partial charge in [0.1, 0.15) is 23.9 Å². The number of hydrogen-bond acceptors (Lipinski definition) is 5. The standard InChI is InChI=1S/C22H21N3O4S/c1-27-18-11-13-20(14-12-18)29-22(26)25-24-21(30)23-17-7-9-19(10-8-17)28-15-16-5-3-2-4-6-16/h2-14H,15H2,1H3,(H,25,26)(H2,23,24,30). The van der Waals surface area contributed by atoms with Crippen LogP contribution in [0.4, 0.5) is 10.5 Å². The number of hydrogen-bond donors (Lipinski definition) is 3. The van der Waals surface area contributed by atoms with Gasteiger partial charge in [0.2, 0.25) is 0 Å². The van der Waals surface area contributed by atoms with Crippen LogP contribution in [0.1, 0.15) is 5.56 Å². The van der Waals surface area contributed by atoms with Gasteiger partial charge >= 0.3 is 6.09 Å². The quantitative estimate of drug-likeness (QED) is 0.404. The second-order valence-corrected chi connectivity index (χ2v) is 6.48. The first-order valence-corrected chi connectivity index (χ1v) is 9.49. The molecular weight excluding hydrogens is 402 g/mol. The average molecular weight is 423 g/mol. The number of ether oxygens (including phenoxy) is 3. The molecule has 0 heterocycles. The minimum Gasteiger partial charge on any atom is -0.497 e. The van der Waals surface area contributed by atoms with Crippen molar-refractivity contribution in [1.29, 1.82) is 0 Å². The van der Waals surface area contributed by atoms with Crippen molar-refractivity contribution in [2.24, 2.45) is 0 Å². The molecule has 0 spiro atoms. The Morgan fingerprint density at radius 3 is 2.13 bits per heavy atom. The Morgan fingerprint density at radius 2 is 1.47 bits per heavy atom. The van der Waals surface area contributed by atoms with E-state index >= 15 is 0 Å². The van der Waals surface area contributed by atoms with Crippen LogP contribution in [0.25, 0.3) is 0 Å². The minimum atomic E-state index is -0.700. The smallest absolute Gasteiger partial charge is 0.431 e. The number of thiocarbonyl (C=S) groups is 1. The molecule has 3 aromatic carbocycles. The third-order valence-corrected chi connectivity index (χ3v) is 4.11. The number of nitrogens with one attached hydrogen (secondary N) is 3. The molecule has 0 aliphatic heterocycles. The van der Waals surface area contributed by atoms with Crippen LogP contribution in [0.5, 0.6) is 17.2 Å². The molecule has 0 radical (unpaired) electrons. The molecular formula is C22H21N3O4S. The Balaban J connectivity index is 1.40. The highest BCUT2D eigenvalue weighted by Crippen LogP contribution is 2.18. The van der Waals surface area contributed by atoms with Gasteiger partial charge < -0.3 is 19.5 Å². The predicted molar refractivity (Wildman–Crippen MR) is 119 cm³/mol. The third-order valence-electron chi connectivity index (χ3n) is 3.91. The van der Waals surface area contributed by atoms with Gasteiger partial charge in [0.25, 0.3) is 0 Å². The average Bonchev–Trinajstić information content (AvgIpc) is 2.78. The van der Waals surface area contributed by atoms with Gasteiger partial charge in [0, 0.05) is 5.69 Å². The number of benzene rings is 3. The lowest BCUT2D eigenvalue weighted by Crippen LogP contribution is -2.45. The first-order valence-electron chi connectivity index (χ1n) is 9.08. The molecule has 0 unspecified atom stereocenters. The molecule has 0 atom stereocenters. The van der Waals surface area contributed by atoms with E-state index in [1.807, 2.05) is 54.6 Å². The Hall–Kier alpha value is -3.78. The summed E-state index contributed by atoms with van der Waals surface area (Å²) in [5.41, 5.74) is 6.77. The zero-order valence-corrected chi connectivity index (χ0v) is 17.1. The van der Waals surface area contributed by atoms with E-state index in [2.05, 4.69) is 16.2 Å². The van der Waals surface area contributed by atoms with Crippen molar-refractivity contribution in [2.75, 3.05) is 12.4 Å². The number of rotatable bonds is 6. The van der Waals surface area contributed by atoms with E-state index in [9.17, 15) is 4.79 Å². The monoisotopic (exact) mass is 423 g/mol. The number of hydrazine groups is 1. The lowest BCUT2D eigenvalue weighted by molar-refractivity contribution is 0.198. The molecule has 0 aromatic heterocycles. The van der Waals surface area contributed by atoms with Crippen LogP contribution in [0.15, 0.2) is 78.9 Å². The fourth-order valence-corrected chi connectivity index (χ4v) is 2.59. The van der Waals surface area contributed by atoms with E-state index in [1.54, 1.807) is 31.4 Å². The summed E-state index contributed by atoms with van der Waals surface area (Å²) in [6, 6.07) is 23.9. The highest BCUT2D eigenvalue weighted by atomic mass is 32.1. The second-order valence-electron chi connectivity index (χ2n) is 6.07. The first kappa shape index (κ1) is 20.9. The lowest BCUT2D eigenvalue weighted by Gasteiger charge is -2.12. The van der Waals surface area contributed by atoms with E-state index in [4.69, 9.17) is 26.4 Å². The molecule has 8 heteroatoms. The van der Waals surface area contributed by atoms with Crippen molar-refractivity contribution in [2.45, 2.75) is 6.61 Å². The molecule has 0 saturated carbocycles. The van der Waals surface area contributed by atoms with E-state index in [0.717, 1.165) is 17.0 Å². The normalized spacial score (nSPS) is 9.90. The molecule has 30 heavy (non-hydrogen) atoms. The van der Waals surface area contributed by atoms with Crippen LogP contribution in [-0.2, 0) is 6.61 Å². The summed E-state index contributed by atoms with van der Waals surface area (Å²) < 4.78 is 15.9.